The van der Waals surface area contributed by atoms with Crippen LogP contribution in [0.4, 0.5) is 11.4 Å². The van der Waals surface area contributed by atoms with Crippen LogP contribution in [0, 0.1) is 0 Å². The predicted octanol–water partition coefficient (Wildman–Crippen LogP) is 2.86. The van der Waals surface area contributed by atoms with Gasteiger partial charge in [0.15, 0.2) is 0 Å². The molecule has 2 unspecified atom stereocenters. The van der Waals surface area contributed by atoms with Crippen LogP contribution in [-0.4, -0.2) is 35.1 Å². The van der Waals surface area contributed by atoms with E-state index in [1.807, 2.05) is 18.3 Å². The van der Waals surface area contributed by atoms with Crippen LogP contribution < -0.4 is 11.1 Å². The Hall–Kier alpha value is -1.81. The van der Waals surface area contributed by atoms with Crippen LogP contribution in [0.1, 0.15) is 25.7 Å². The monoisotopic (exact) mass is 282 g/mol. The number of piperidine rings is 1. The second-order valence-electron chi connectivity index (χ2n) is 6.32. The SMILES string of the molecule is Nc1ccc(NC2CCN3CCCC3C2)c2cnccc12. The van der Waals surface area contributed by atoms with Crippen molar-refractivity contribution >= 4 is 22.1 Å². The second-order valence-corrected chi connectivity index (χ2v) is 6.32. The van der Waals surface area contributed by atoms with Crippen molar-refractivity contribution in [3.8, 4) is 0 Å². The molecule has 1 aromatic carbocycles. The first-order valence-electron chi connectivity index (χ1n) is 7.94. The van der Waals surface area contributed by atoms with E-state index in [0.717, 1.165) is 22.5 Å². The Balaban J connectivity index is 1.58. The summed E-state index contributed by atoms with van der Waals surface area (Å²) in [7, 11) is 0. The minimum atomic E-state index is 0.566. The highest BCUT2D eigenvalue weighted by Crippen LogP contribution is 2.32. The lowest BCUT2D eigenvalue weighted by Crippen LogP contribution is -2.42. The van der Waals surface area contributed by atoms with Crippen molar-refractivity contribution in [2.24, 2.45) is 0 Å². The number of nitrogens with two attached hydrogens (primary N) is 1. The molecule has 2 atom stereocenters. The number of fused-ring (bicyclic) bond motifs is 2. The molecule has 3 heterocycles. The van der Waals surface area contributed by atoms with Crippen molar-refractivity contribution in [3.63, 3.8) is 0 Å². The number of nitrogens with one attached hydrogen (secondary N) is 1. The average molecular weight is 282 g/mol. The lowest BCUT2D eigenvalue weighted by molar-refractivity contribution is 0.188. The van der Waals surface area contributed by atoms with E-state index in [-0.39, 0.29) is 0 Å². The Morgan fingerprint density at radius 2 is 2.10 bits per heavy atom. The van der Waals surface area contributed by atoms with Gasteiger partial charge in [-0.25, -0.2) is 0 Å². The van der Waals surface area contributed by atoms with E-state index in [1.165, 1.54) is 44.5 Å². The molecule has 2 aliphatic heterocycles. The molecule has 0 amide bonds. The summed E-state index contributed by atoms with van der Waals surface area (Å²) in [6.07, 6.45) is 8.93. The van der Waals surface area contributed by atoms with Crippen LogP contribution in [0.3, 0.4) is 0 Å². The highest BCUT2D eigenvalue weighted by Gasteiger charge is 2.31. The Labute approximate surface area is 125 Å². The first-order valence-corrected chi connectivity index (χ1v) is 7.94. The lowest BCUT2D eigenvalue weighted by Gasteiger charge is -2.35. The van der Waals surface area contributed by atoms with E-state index >= 15 is 0 Å². The molecule has 21 heavy (non-hydrogen) atoms. The zero-order valence-electron chi connectivity index (χ0n) is 12.3. The fraction of sp³-hybridized carbons (Fsp3) is 0.471. The van der Waals surface area contributed by atoms with E-state index in [0.29, 0.717) is 6.04 Å². The van der Waals surface area contributed by atoms with Gasteiger partial charge < -0.3 is 16.0 Å². The molecule has 1 aromatic heterocycles. The number of hydrogen-bond acceptors (Lipinski definition) is 4. The van der Waals surface area contributed by atoms with Crippen molar-refractivity contribution in [1.82, 2.24) is 9.88 Å². The van der Waals surface area contributed by atoms with E-state index < -0.39 is 0 Å². The number of anilines is 2. The molecule has 0 saturated carbocycles. The molecule has 4 nitrogen and oxygen atoms in total. The molecule has 4 heteroatoms. The molecule has 3 N–H and O–H groups in total. The number of nitrogen functional groups attached to an aromatic ring is 1. The van der Waals surface area contributed by atoms with Crippen molar-refractivity contribution in [1.29, 1.82) is 0 Å². The third kappa shape index (κ3) is 2.33. The summed E-state index contributed by atoms with van der Waals surface area (Å²) in [5.41, 5.74) is 8.06. The maximum atomic E-state index is 6.07. The van der Waals surface area contributed by atoms with Gasteiger partial charge in [0.1, 0.15) is 0 Å². The topological polar surface area (TPSA) is 54.2 Å². The van der Waals surface area contributed by atoms with E-state index in [4.69, 9.17) is 5.73 Å². The summed E-state index contributed by atoms with van der Waals surface area (Å²) in [5, 5.41) is 5.96. The zero-order valence-corrected chi connectivity index (χ0v) is 12.3. The van der Waals surface area contributed by atoms with Gasteiger partial charge in [0.05, 0.1) is 0 Å². The van der Waals surface area contributed by atoms with Gasteiger partial charge in [-0.1, -0.05) is 0 Å². The standard InChI is InChI=1S/C17H22N4/c18-16-3-4-17(15-11-19-7-5-14(15)16)20-12-6-9-21-8-1-2-13(21)10-12/h3-5,7,11-13,20H,1-2,6,8-10,18H2. The molecule has 4 rings (SSSR count). The predicted molar refractivity (Wildman–Crippen MR) is 87.4 cm³/mol. The highest BCUT2D eigenvalue weighted by atomic mass is 15.2. The van der Waals surface area contributed by atoms with Crippen LogP contribution in [0.5, 0.6) is 0 Å². The number of hydrogen-bond donors (Lipinski definition) is 2. The zero-order chi connectivity index (χ0) is 14.2. The van der Waals surface area contributed by atoms with Crippen LogP contribution in [-0.2, 0) is 0 Å². The molecular weight excluding hydrogens is 260 g/mol. The van der Waals surface area contributed by atoms with Gasteiger partial charge in [0, 0.05) is 53.2 Å². The van der Waals surface area contributed by atoms with Gasteiger partial charge >= 0.3 is 0 Å². The first-order chi connectivity index (χ1) is 10.3. The minimum absolute atomic E-state index is 0.566. The third-order valence-corrected chi connectivity index (χ3v) is 5.03. The summed E-state index contributed by atoms with van der Waals surface area (Å²) in [6.45, 7) is 2.53. The number of pyridine rings is 1. The Kier molecular flexibility index (Phi) is 3.19. The van der Waals surface area contributed by atoms with Crippen LogP contribution in [0.2, 0.25) is 0 Å². The number of nitrogens with zero attached hydrogens (tertiary/aromatic N) is 2. The molecule has 2 fully saturated rings. The summed E-state index contributed by atoms with van der Waals surface area (Å²) < 4.78 is 0. The van der Waals surface area contributed by atoms with Gasteiger partial charge in [-0.05, 0) is 50.4 Å². The maximum absolute atomic E-state index is 6.07. The normalized spacial score (nSPS) is 25.9. The molecule has 2 saturated heterocycles. The Bertz CT molecular complexity index is 654. The maximum Gasteiger partial charge on any atom is 0.0439 e. The van der Waals surface area contributed by atoms with Crippen molar-refractivity contribution in [3.05, 3.63) is 30.6 Å². The molecule has 110 valence electrons. The molecule has 0 radical (unpaired) electrons. The third-order valence-electron chi connectivity index (χ3n) is 5.03. The van der Waals surface area contributed by atoms with Gasteiger partial charge in [-0.3, -0.25) is 4.98 Å². The number of aromatic nitrogens is 1. The summed E-state index contributed by atoms with van der Waals surface area (Å²) in [5.74, 6) is 0. The van der Waals surface area contributed by atoms with E-state index in [9.17, 15) is 0 Å². The van der Waals surface area contributed by atoms with Crippen LogP contribution in [0.15, 0.2) is 30.6 Å². The average Bonchev–Trinajstić information content (AvgIpc) is 2.98. The second kappa shape index (κ2) is 5.19. The van der Waals surface area contributed by atoms with Crippen molar-refractivity contribution in [2.75, 3.05) is 24.1 Å². The van der Waals surface area contributed by atoms with Crippen molar-refractivity contribution < 1.29 is 0 Å². The summed E-state index contributed by atoms with van der Waals surface area (Å²) >= 11 is 0. The van der Waals surface area contributed by atoms with E-state index in [2.05, 4.69) is 21.3 Å². The van der Waals surface area contributed by atoms with Crippen molar-refractivity contribution in [2.45, 2.75) is 37.8 Å². The van der Waals surface area contributed by atoms with Gasteiger partial charge in [-0.2, -0.15) is 0 Å². The quantitative estimate of drug-likeness (QED) is 0.832. The van der Waals surface area contributed by atoms with Gasteiger partial charge in [-0.15, -0.1) is 0 Å². The van der Waals surface area contributed by atoms with E-state index in [1.54, 1.807) is 6.20 Å². The van der Waals surface area contributed by atoms with Gasteiger partial charge in [0.2, 0.25) is 0 Å². The Morgan fingerprint density at radius 1 is 1.14 bits per heavy atom. The molecular formula is C17H22N4. The summed E-state index contributed by atoms with van der Waals surface area (Å²) in [4.78, 5) is 6.91. The minimum Gasteiger partial charge on any atom is -0.398 e. The fourth-order valence-corrected chi connectivity index (χ4v) is 3.91. The largest absolute Gasteiger partial charge is 0.398 e. The molecule has 2 aromatic rings. The molecule has 2 aliphatic rings. The van der Waals surface area contributed by atoms with Crippen LogP contribution >= 0.6 is 0 Å². The lowest BCUT2D eigenvalue weighted by atomic mass is 9.97. The fourth-order valence-electron chi connectivity index (χ4n) is 3.91. The molecule has 0 bridgehead atoms. The first kappa shape index (κ1) is 12.9. The molecule has 0 aliphatic carbocycles. The number of rotatable bonds is 2. The smallest absolute Gasteiger partial charge is 0.0439 e. The highest BCUT2D eigenvalue weighted by molar-refractivity contribution is 6.00. The van der Waals surface area contributed by atoms with Gasteiger partial charge in [0.25, 0.3) is 0 Å². The number of benzene rings is 1. The molecule has 0 spiro atoms. The Morgan fingerprint density at radius 3 is 3.05 bits per heavy atom. The van der Waals surface area contributed by atoms with Crippen LogP contribution in [0.25, 0.3) is 10.8 Å². The summed E-state index contributed by atoms with van der Waals surface area (Å²) in [6, 6.07) is 7.44.